The van der Waals surface area contributed by atoms with Gasteiger partial charge in [0.05, 0.1) is 0 Å². The van der Waals surface area contributed by atoms with Crippen LogP contribution in [-0.2, 0) is 0 Å². The predicted molar refractivity (Wildman–Crippen MR) is 84.3 cm³/mol. The fraction of sp³-hybridized carbons (Fsp3) is 0.294. The Morgan fingerprint density at radius 3 is 2.81 bits per heavy atom. The molecule has 2 aromatic carbocycles. The lowest BCUT2D eigenvalue weighted by atomic mass is 10.1. The maximum Gasteiger partial charge on any atom is 0.161 e. The van der Waals surface area contributed by atoms with Gasteiger partial charge in [0.2, 0.25) is 0 Å². The minimum absolute atomic E-state index is 0.0673. The normalized spacial score (nSPS) is 22.9. The Labute approximate surface area is 128 Å². The molecule has 0 amide bonds. The number of fused-ring (bicyclic) bond motifs is 2. The van der Waals surface area contributed by atoms with Crippen molar-refractivity contribution in [3.63, 3.8) is 0 Å². The quantitative estimate of drug-likeness (QED) is 0.942. The van der Waals surface area contributed by atoms with Crippen LogP contribution in [0.15, 0.2) is 53.4 Å². The lowest BCUT2D eigenvalue weighted by molar-refractivity contribution is 0.0887. The number of thioether (sulfide) groups is 1. The lowest BCUT2D eigenvalue weighted by Gasteiger charge is -2.27. The first kappa shape index (κ1) is 13.0. The molecule has 21 heavy (non-hydrogen) atoms. The van der Waals surface area contributed by atoms with Crippen molar-refractivity contribution < 1.29 is 9.47 Å². The molecule has 0 spiro atoms. The molecular weight excluding hydrogens is 282 g/mol. The third-order valence-corrected chi connectivity index (χ3v) is 5.04. The summed E-state index contributed by atoms with van der Waals surface area (Å²) in [7, 11) is 0. The van der Waals surface area contributed by atoms with Crippen LogP contribution in [0.2, 0.25) is 0 Å². The van der Waals surface area contributed by atoms with Crippen molar-refractivity contribution >= 4 is 11.8 Å². The van der Waals surface area contributed by atoms with Crippen LogP contribution in [0.1, 0.15) is 11.6 Å². The highest BCUT2D eigenvalue weighted by Gasteiger charge is 2.25. The van der Waals surface area contributed by atoms with Crippen LogP contribution >= 0.6 is 11.8 Å². The summed E-state index contributed by atoms with van der Waals surface area (Å²) >= 11 is 1.92. The van der Waals surface area contributed by atoms with E-state index in [1.54, 1.807) is 0 Å². The first-order valence-corrected chi connectivity index (χ1v) is 8.22. The second-order valence-corrected chi connectivity index (χ2v) is 6.37. The molecule has 4 heteroatoms. The Bertz CT molecular complexity index is 646. The van der Waals surface area contributed by atoms with Gasteiger partial charge in [0.15, 0.2) is 11.5 Å². The van der Waals surface area contributed by atoms with Crippen LogP contribution in [0.25, 0.3) is 0 Å². The summed E-state index contributed by atoms with van der Waals surface area (Å²) in [5.74, 6) is 2.77. The molecule has 108 valence electrons. The van der Waals surface area contributed by atoms with E-state index in [1.807, 2.05) is 36.0 Å². The van der Waals surface area contributed by atoms with Crippen LogP contribution in [0.5, 0.6) is 11.5 Å². The number of ether oxygens (including phenoxy) is 2. The molecule has 2 atom stereocenters. The van der Waals surface area contributed by atoms with E-state index in [4.69, 9.17) is 9.47 Å². The number of nitrogens with one attached hydrogen (secondary N) is 1. The molecule has 0 aromatic heterocycles. The monoisotopic (exact) mass is 299 g/mol. The van der Waals surface area contributed by atoms with Gasteiger partial charge >= 0.3 is 0 Å². The van der Waals surface area contributed by atoms with E-state index in [0.29, 0.717) is 12.6 Å². The highest BCUT2D eigenvalue weighted by Crippen LogP contribution is 2.38. The van der Waals surface area contributed by atoms with Crippen molar-refractivity contribution in [2.75, 3.05) is 18.9 Å². The number of hydrogen-bond donors (Lipinski definition) is 1. The molecule has 2 aromatic rings. The average molecular weight is 299 g/mol. The van der Waals surface area contributed by atoms with Crippen molar-refractivity contribution in [1.82, 2.24) is 5.32 Å². The first-order valence-electron chi connectivity index (χ1n) is 7.24. The Kier molecular flexibility index (Phi) is 3.49. The molecule has 0 saturated heterocycles. The summed E-state index contributed by atoms with van der Waals surface area (Å²) in [4.78, 5) is 1.39. The largest absolute Gasteiger partial charge is 0.486 e. The minimum atomic E-state index is 0.0673. The molecule has 0 fully saturated rings. The smallest absolute Gasteiger partial charge is 0.161 e. The summed E-state index contributed by atoms with van der Waals surface area (Å²) in [6.45, 7) is 1.40. The van der Waals surface area contributed by atoms with Gasteiger partial charge < -0.3 is 14.8 Å². The summed E-state index contributed by atoms with van der Waals surface area (Å²) in [6, 6.07) is 16.9. The summed E-state index contributed by atoms with van der Waals surface area (Å²) in [5.41, 5.74) is 1.40. The van der Waals surface area contributed by atoms with Gasteiger partial charge in [-0.2, -0.15) is 0 Å². The third kappa shape index (κ3) is 2.61. The molecule has 2 aliphatic rings. The van der Waals surface area contributed by atoms with E-state index in [1.165, 1.54) is 10.5 Å². The Morgan fingerprint density at radius 2 is 1.86 bits per heavy atom. The first-order chi connectivity index (χ1) is 10.4. The minimum Gasteiger partial charge on any atom is -0.486 e. The zero-order chi connectivity index (χ0) is 14.1. The Hall–Kier alpha value is -1.65. The van der Waals surface area contributed by atoms with Crippen molar-refractivity contribution in [3.8, 4) is 11.5 Å². The zero-order valence-electron chi connectivity index (χ0n) is 11.6. The van der Waals surface area contributed by atoms with Crippen LogP contribution in [0.4, 0.5) is 0 Å². The molecule has 1 N–H and O–H groups in total. The highest BCUT2D eigenvalue weighted by molar-refractivity contribution is 7.99. The maximum atomic E-state index is 5.99. The summed E-state index contributed by atoms with van der Waals surface area (Å²) in [6.07, 6.45) is 0.0673. The molecule has 2 aliphatic heterocycles. The molecule has 0 aliphatic carbocycles. The second-order valence-electron chi connectivity index (χ2n) is 5.31. The number of rotatable bonds is 3. The highest BCUT2D eigenvalue weighted by atomic mass is 32.2. The van der Waals surface area contributed by atoms with Crippen molar-refractivity contribution in [1.29, 1.82) is 0 Å². The van der Waals surface area contributed by atoms with E-state index in [0.717, 1.165) is 23.8 Å². The van der Waals surface area contributed by atoms with E-state index in [2.05, 4.69) is 29.6 Å². The van der Waals surface area contributed by atoms with Crippen LogP contribution in [-0.4, -0.2) is 25.0 Å². The van der Waals surface area contributed by atoms with Gasteiger partial charge in [0.1, 0.15) is 12.7 Å². The second kappa shape index (κ2) is 5.62. The van der Waals surface area contributed by atoms with Crippen molar-refractivity contribution in [3.05, 3.63) is 54.1 Å². The lowest BCUT2D eigenvalue weighted by Crippen LogP contribution is -2.39. The van der Waals surface area contributed by atoms with Gasteiger partial charge in [-0.05, 0) is 23.8 Å². The number of hydrogen-bond acceptors (Lipinski definition) is 4. The molecular formula is C17H17NO2S. The van der Waals surface area contributed by atoms with E-state index < -0.39 is 0 Å². The third-order valence-electron chi connectivity index (χ3n) is 3.86. The molecule has 0 radical (unpaired) electrons. The van der Waals surface area contributed by atoms with E-state index in [9.17, 15) is 0 Å². The molecule has 3 nitrogen and oxygen atoms in total. The fourth-order valence-corrected chi connectivity index (χ4v) is 3.96. The van der Waals surface area contributed by atoms with Gasteiger partial charge in [-0.15, -0.1) is 11.8 Å². The standard InChI is InChI=1S/C17H17NO2S/c1-4-8-17-13(5-1)14(11-21-17)18-9-12-10-19-15-6-2-3-7-16(15)20-12/h1-8,12,14,18H,9-11H2. The predicted octanol–water partition coefficient (Wildman–Crippen LogP) is 3.26. The van der Waals surface area contributed by atoms with Gasteiger partial charge in [-0.3, -0.25) is 0 Å². The SMILES string of the molecule is c1ccc2c(c1)OCC(CNC1CSc3ccccc31)O2. The van der Waals surface area contributed by atoms with Gasteiger partial charge in [0, 0.05) is 23.2 Å². The van der Waals surface area contributed by atoms with E-state index in [-0.39, 0.29) is 6.10 Å². The maximum absolute atomic E-state index is 5.99. The van der Waals surface area contributed by atoms with Crippen molar-refractivity contribution in [2.45, 2.75) is 17.0 Å². The molecule has 4 rings (SSSR count). The molecule has 2 unspecified atom stereocenters. The zero-order valence-corrected chi connectivity index (χ0v) is 12.4. The Balaban J connectivity index is 1.39. The van der Waals surface area contributed by atoms with Crippen LogP contribution in [0.3, 0.4) is 0 Å². The summed E-state index contributed by atoms with van der Waals surface area (Å²) < 4.78 is 11.7. The molecule has 0 bridgehead atoms. The molecule has 2 heterocycles. The van der Waals surface area contributed by atoms with Gasteiger partial charge in [-0.25, -0.2) is 0 Å². The number of benzene rings is 2. The topological polar surface area (TPSA) is 30.5 Å². The van der Waals surface area contributed by atoms with Crippen LogP contribution < -0.4 is 14.8 Å². The van der Waals surface area contributed by atoms with Crippen molar-refractivity contribution in [2.24, 2.45) is 0 Å². The van der Waals surface area contributed by atoms with Gasteiger partial charge in [-0.1, -0.05) is 30.3 Å². The molecule has 0 saturated carbocycles. The summed E-state index contributed by atoms with van der Waals surface area (Å²) in [5, 5.41) is 3.61. The average Bonchev–Trinajstić information content (AvgIpc) is 2.96. The van der Waals surface area contributed by atoms with Gasteiger partial charge in [0.25, 0.3) is 0 Å². The Morgan fingerprint density at radius 1 is 1.05 bits per heavy atom. The van der Waals surface area contributed by atoms with E-state index >= 15 is 0 Å². The van der Waals surface area contributed by atoms with Crippen LogP contribution in [0, 0.1) is 0 Å². The number of para-hydroxylation sites is 2. The fourth-order valence-electron chi connectivity index (χ4n) is 2.77.